The number of anilines is 1. The van der Waals surface area contributed by atoms with Crippen molar-refractivity contribution in [2.45, 2.75) is 13.8 Å². The molecule has 24 heavy (non-hydrogen) atoms. The molecule has 0 aliphatic carbocycles. The van der Waals surface area contributed by atoms with Crippen molar-refractivity contribution in [3.8, 4) is 17.6 Å². The molecule has 0 aliphatic rings. The fraction of sp³-hybridized carbons (Fsp3) is 0.267. The van der Waals surface area contributed by atoms with Gasteiger partial charge >= 0.3 is 0 Å². The number of benzene rings is 1. The van der Waals surface area contributed by atoms with Crippen LogP contribution in [0, 0.1) is 18.3 Å². The van der Waals surface area contributed by atoms with Gasteiger partial charge in [0.2, 0.25) is 5.13 Å². The van der Waals surface area contributed by atoms with Crippen molar-refractivity contribution in [2.75, 3.05) is 18.6 Å². The summed E-state index contributed by atoms with van der Waals surface area (Å²) in [5.41, 5.74) is 4.62. The first-order chi connectivity index (χ1) is 11.6. The maximum atomic E-state index is 8.71. The molecule has 0 atom stereocenters. The van der Waals surface area contributed by atoms with Crippen molar-refractivity contribution in [1.29, 1.82) is 5.26 Å². The van der Waals surface area contributed by atoms with Gasteiger partial charge in [-0.3, -0.25) is 5.43 Å². The van der Waals surface area contributed by atoms with E-state index >= 15 is 0 Å². The summed E-state index contributed by atoms with van der Waals surface area (Å²) in [5.74, 6) is 1.01. The monoisotopic (exact) mass is 472 g/mol. The quantitative estimate of drug-likeness (QED) is 0.464. The molecule has 0 bridgehead atoms. The molecule has 2 aromatic rings. The van der Waals surface area contributed by atoms with Crippen LogP contribution in [0.1, 0.15) is 18.2 Å². The van der Waals surface area contributed by atoms with Crippen LogP contribution in [0.15, 0.2) is 25.5 Å². The standard InChI is InChI=1S/C15H14Br2N4O2S/c1-3-22-11-6-10(7-19-21-15-20-9(2)8-24-15)12(16)13(17)14(11)23-5-4-18/h6-8H,3,5H2,1-2H3,(H,20,21). The molecule has 9 heteroatoms. The molecule has 0 aliphatic heterocycles. The average Bonchev–Trinajstić information content (AvgIpc) is 2.97. The smallest absolute Gasteiger partial charge is 0.203 e. The van der Waals surface area contributed by atoms with Crippen LogP contribution in [0.3, 0.4) is 0 Å². The van der Waals surface area contributed by atoms with E-state index in [1.54, 1.807) is 12.3 Å². The highest BCUT2D eigenvalue weighted by Gasteiger charge is 2.16. The van der Waals surface area contributed by atoms with Crippen LogP contribution in [0.25, 0.3) is 0 Å². The first-order valence-corrected chi connectivity index (χ1v) is 9.39. The van der Waals surface area contributed by atoms with Gasteiger partial charge in [0, 0.05) is 15.4 Å². The molecule has 0 amide bonds. The van der Waals surface area contributed by atoms with Crippen molar-refractivity contribution in [3.63, 3.8) is 0 Å². The molecule has 0 unspecified atom stereocenters. The van der Waals surface area contributed by atoms with Gasteiger partial charge in [0.15, 0.2) is 18.1 Å². The molecule has 0 saturated heterocycles. The third-order valence-corrected chi connectivity index (χ3v) is 5.73. The normalized spacial score (nSPS) is 10.6. The number of thiazole rings is 1. The van der Waals surface area contributed by atoms with Gasteiger partial charge in [-0.25, -0.2) is 4.98 Å². The predicted molar refractivity (Wildman–Crippen MR) is 102 cm³/mol. The van der Waals surface area contributed by atoms with E-state index in [1.165, 1.54) is 11.3 Å². The van der Waals surface area contributed by atoms with Crippen molar-refractivity contribution < 1.29 is 9.47 Å². The molecule has 0 fully saturated rings. The summed E-state index contributed by atoms with van der Waals surface area (Å²) >= 11 is 8.45. The fourth-order valence-electron chi connectivity index (χ4n) is 1.76. The van der Waals surface area contributed by atoms with E-state index in [1.807, 2.05) is 25.3 Å². The zero-order chi connectivity index (χ0) is 17.5. The molecule has 2 rings (SSSR count). The highest BCUT2D eigenvalue weighted by Crippen LogP contribution is 2.42. The molecule has 1 aromatic carbocycles. The van der Waals surface area contributed by atoms with Crippen LogP contribution >= 0.6 is 43.2 Å². The molecular weight excluding hydrogens is 460 g/mol. The molecule has 0 radical (unpaired) electrons. The highest BCUT2D eigenvalue weighted by atomic mass is 79.9. The third kappa shape index (κ3) is 4.69. The van der Waals surface area contributed by atoms with E-state index in [4.69, 9.17) is 14.7 Å². The second kappa shape index (κ2) is 9.01. The Bertz CT molecular complexity index is 787. The van der Waals surface area contributed by atoms with Crippen LogP contribution in [0.2, 0.25) is 0 Å². The van der Waals surface area contributed by atoms with Gasteiger partial charge < -0.3 is 9.47 Å². The number of hydrogen-bond donors (Lipinski definition) is 1. The lowest BCUT2D eigenvalue weighted by Gasteiger charge is -2.14. The number of halogens is 2. The van der Waals surface area contributed by atoms with E-state index in [9.17, 15) is 0 Å². The minimum absolute atomic E-state index is 0.0660. The van der Waals surface area contributed by atoms with Crippen LogP contribution in [0.5, 0.6) is 11.5 Å². The summed E-state index contributed by atoms with van der Waals surface area (Å²) < 4.78 is 12.5. The number of nitrogens with one attached hydrogen (secondary N) is 1. The van der Waals surface area contributed by atoms with E-state index < -0.39 is 0 Å². The first-order valence-electron chi connectivity index (χ1n) is 6.92. The SMILES string of the molecule is CCOc1cc(C=NNc2nc(C)cs2)c(Br)c(Br)c1OCC#N. The van der Waals surface area contributed by atoms with Crippen LogP contribution in [-0.4, -0.2) is 24.4 Å². The maximum Gasteiger partial charge on any atom is 0.203 e. The fourth-order valence-corrected chi connectivity index (χ4v) is 3.34. The van der Waals surface area contributed by atoms with E-state index in [0.29, 0.717) is 22.6 Å². The molecule has 1 N–H and O–H groups in total. The summed E-state index contributed by atoms with van der Waals surface area (Å²) in [5, 5.41) is 15.6. The van der Waals surface area contributed by atoms with E-state index in [0.717, 1.165) is 20.9 Å². The number of aromatic nitrogens is 1. The van der Waals surface area contributed by atoms with Crippen molar-refractivity contribution >= 4 is 54.5 Å². The Hall–Kier alpha value is -1.63. The minimum Gasteiger partial charge on any atom is -0.490 e. The Balaban J connectivity index is 2.27. The number of rotatable bonds is 7. The highest BCUT2D eigenvalue weighted by molar-refractivity contribution is 9.13. The zero-order valence-electron chi connectivity index (χ0n) is 13.0. The van der Waals surface area contributed by atoms with Gasteiger partial charge in [0.05, 0.1) is 23.0 Å². The van der Waals surface area contributed by atoms with Gasteiger partial charge in [0.25, 0.3) is 0 Å². The average molecular weight is 474 g/mol. The van der Waals surface area contributed by atoms with Crippen molar-refractivity contribution in [3.05, 3.63) is 31.6 Å². The summed E-state index contributed by atoms with van der Waals surface area (Å²) in [7, 11) is 0. The summed E-state index contributed by atoms with van der Waals surface area (Å²) in [6.07, 6.45) is 1.65. The van der Waals surface area contributed by atoms with Crippen LogP contribution in [-0.2, 0) is 0 Å². The lowest BCUT2D eigenvalue weighted by atomic mass is 10.2. The number of hydrazone groups is 1. The second-order valence-corrected chi connectivity index (χ2v) is 6.91. The Morgan fingerprint density at radius 3 is 2.83 bits per heavy atom. The first kappa shape index (κ1) is 18.7. The van der Waals surface area contributed by atoms with Crippen LogP contribution in [0.4, 0.5) is 5.13 Å². The lowest BCUT2D eigenvalue weighted by molar-refractivity contribution is 0.297. The van der Waals surface area contributed by atoms with E-state index in [2.05, 4.69) is 47.4 Å². The Morgan fingerprint density at radius 1 is 1.42 bits per heavy atom. The summed E-state index contributed by atoms with van der Waals surface area (Å²) in [6, 6.07) is 3.74. The van der Waals surface area contributed by atoms with Gasteiger partial charge in [0.1, 0.15) is 6.07 Å². The third-order valence-electron chi connectivity index (χ3n) is 2.72. The Kier molecular flexibility index (Phi) is 7.02. The number of ether oxygens (including phenoxy) is 2. The van der Waals surface area contributed by atoms with Crippen molar-refractivity contribution in [2.24, 2.45) is 5.10 Å². The largest absolute Gasteiger partial charge is 0.490 e. The second-order valence-electron chi connectivity index (χ2n) is 4.46. The minimum atomic E-state index is -0.0660. The number of hydrogen-bond acceptors (Lipinski definition) is 7. The van der Waals surface area contributed by atoms with E-state index in [-0.39, 0.29) is 6.61 Å². The van der Waals surface area contributed by atoms with Gasteiger partial charge in [-0.05, 0) is 51.8 Å². The number of aryl methyl sites for hydroxylation is 1. The zero-order valence-corrected chi connectivity index (χ0v) is 17.0. The van der Waals surface area contributed by atoms with Crippen LogP contribution < -0.4 is 14.9 Å². The summed E-state index contributed by atoms with van der Waals surface area (Å²) in [4.78, 5) is 4.27. The Morgan fingerprint density at radius 2 is 2.21 bits per heavy atom. The Labute approximate surface area is 160 Å². The van der Waals surface area contributed by atoms with Gasteiger partial charge in [-0.2, -0.15) is 10.4 Å². The topological polar surface area (TPSA) is 79.5 Å². The maximum absolute atomic E-state index is 8.71. The molecular formula is C15H14Br2N4O2S. The molecule has 6 nitrogen and oxygen atoms in total. The molecule has 126 valence electrons. The molecule has 1 heterocycles. The number of nitrogens with zero attached hydrogens (tertiary/aromatic N) is 3. The number of nitriles is 1. The van der Waals surface area contributed by atoms with Crippen molar-refractivity contribution in [1.82, 2.24) is 4.98 Å². The summed E-state index contributed by atoms with van der Waals surface area (Å²) in [6.45, 7) is 4.21. The molecule has 0 saturated carbocycles. The molecule has 1 aromatic heterocycles. The van der Waals surface area contributed by atoms with Gasteiger partial charge in [-0.1, -0.05) is 0 Å². The van der Waals surface area contributed by atoms with Gasteiger partial charge in [-0.15, -0.1) is 11.3 Å². The molecule has 0 spiro atoms. The predicted octanol–water partition coefficient (Wildman–Crippen LogP) is 4.72. The lowest BCUT2D eigenvalue weighted by Crippen LogP contribution is -2.02.